The highest BCUT2D eigenvalue weighted by atomic mass is 19.1. The third-order valence-corrected chi connectivity index (χ3v) is 4.42. The first-order valence-corrected chi connectivity index (χ1v) is 8.61. The Bertz CT molecular complexity index is 1230. The molecule has 4 aromatic rings. The van der Waals surface area contributed by atoms with E-state index in [1.165, 1.54) is 36.4 Å². The summed E-state index contributed by atoms with van der Waals surface area (Å²) in [6.07, 6.45) is 0. The third kappa shape index (κ3) is 3.51. The fraction of sp³-hybridized carbons (Fsp3) is 0. The van der Waals surface area contributed by atoms with Crippen molar-refractivity contribution < 1.29 is 19.2 Å². The number of benzene rings is 3. The second-order valence-corrected chi connectivity index (χ2v) is 6.35. The summed E-state index contributed by atoms with van der Waals surface area (Å²) in [6, 6.07) is 16.5. The van der Waals surface area contributed by atoms with E-state index in [1.54, 1.807) is 30.3 Å². The molecule has 8 heteroatoms. The van der Waals surface area contributed by atoms with Gasteiger partial charge in [0.1, 0.15) is 11.3 Å². The van der Waals surface area contributed by atoms with E-state index in [1.807, 2.05) is 0 Å². The highest BCUT2D eigenvalue weighted by molar-refractivity contribution is 6.04. The smallest absolute Gasteiger partial charge is 0.255 e. The number of imidazole rings is 1. The van der Waals surface area contributed by atoms with Gasteiger partial charge in [0.2, 0.25) is 5.91 Å². The van der Waals surface area contributed by atoms with Gasteiger partial charge in [-0.25, -0.2) is 9.37 Å². The molecular weight excluding hydrogens is 375 g/mol. The average Bonchev–Trinajstić information content (AvgIpc) is 3.05. The average molecular weight is 390 g/mol. The molecule has 0 atom stereocenters. The Labute approximate surface area is 164 Å². The summed E-state index contributed by atoms with van der Waals surface area (Å²) >= 11 is 0. The lowest BCUT2D eigenvalue weighted by molar-refractivity contribution is 0.0997. The summed E-state index contributed by atoms with van der Waals surface area (Å²) in [5.41, 5.74) is 7.85. The molecule has 0 saturated carbocycles. The minimum Gasteiger partial charge on any atom is -0.426 e. The lowest BCUT2D eigenvalue weighted by Crippen LogP contribution is -2.11. The number of fused-ring (bicyclic) bond motifs is 1. The Morgan fingerprint density at radius 1 is 0.966 bits per heavy atom. The highest BCUT2D eigenvalue weighted by Gasteiger charge is 2.14. The zero-order chi connectivity index (χ0) is 20.5. The van der Waals surface area contributed by atoms with Crippen molar-refractivity contribution in [2.45, 2.75) is 0 Å². The van der Waals surface area contributed by atoms with Crippen LogP contribution in [0.2, 0.25) is 0 Å². The van der Waals surface area contributed by atoms with Crippen LogP contribution in [-0.2, 0) is 0 Å². The van der Waals surface area contributed by atoms with Crippen molar-refractivity contribution in [3.63, 3.8) is 0 Å². The second kappa shape index (κ2) is 7.08. The topological polar surface area (TPSA) is 110 Å². The van der Waals surface area contributed by atoms with Gasteiger partial charge in [0.15, 0.2) is 5.82 Å². The number of amides is 2. The number of nitrogens with one attached hydrogen (secondary N) is 1. The Hall–Kier alpha value is -4.20. The maximum absolute atomic E-state index is 13.0. The Balaban J connectivity index is 1.59. The molecule has 3 aromatic carbocycles. The number of primary amides is 1. The van der Waals surface area contributed by atoms with Crippen LogP contribution in [0.15, 0.2) is 66.7 Å². The van der Waals surface area contributed by atoms with E-state index in [4.69, 9.17) is 5.73 Å². The van der Waals surface area contributed by atoms with Gasteiger partial charge in [0.05, 0.1) is 5.52 Å². The molecule has 1 heterocycles. The van der Waals surface area contributed by atoms with E-state index < -0.39 is 11.7 Å². The molecule has 0 aliphatic carbocycles. The number of nitrogens with two attached hydrogens (primary N) is 1. The van der Waals surface area contributed by atoms with Gasteiger partial charge in [-0.3, -0.25) is 9.59 Å². The first-order chi connectivity index (χ1) is 13.9. The van der Waals surface area contributed by atoms with Gasteiger partial charge in [-0.15, -0.1) is 0 Å². The summed E-state index contributed by atoms with van der Waals surface area (Å²) < 4.78 is 13.9. The summed E-state index contributed by atoms with van der Waals surface area (Å²) in [4.78, 5) is 27.9. The minimum absolute atomic E-state index is 0.262. The normalized spacial score (nSPS) is 10.8. The molecular formula is C21H15FN4O3. The van der Waals surface area contributed by atoms with E-state index in [-0.39, 0.29) is 17.3 Å². The third-order valence-electron chi connectivity index (χ3n) is 4.42. The van der Waals surface area contributed by atoms with E-state index in [0.717, 1.165) is 4.73 Å². The number of anilines is 1. The molecule has 0 bridgehead atoms. The first kappa shape index (κ1) is 18.2. The highest BCUT2D eigenvalue weighted by Crippen LogP contribution is 2.25. The van der Waals surface area contributed by atoms with Crippen LogP contribution >= 0.6 is 0 Å². The van der Waals surface area contributed by atoms with E-state index in [9.17, 15) is 19.2 Å². The molecule has 0 spiro atoms. The molecule has 0 radical (unpaired) electrons. The van der Waals surface area contributed by atoms with Crippen molar-refractivity contribution in [2.75, 3.05) is 5.32 Å². The van der Waals surface area contributed by atoms with Crippen molar-refractivity contribution in [3.05, 3.63) is 83.7 Å². The van der Waals surface area contributed by atoms with Crippen LogP contribution in [-0.4, -0.2) is 26.7 Å². The number of carbonyl (C=O) groups is 2. The summed E-state index contributed by atoms with van der Waals surface area (Å²) in [5, 5.41) is 13.2. The molecule has 0 unspecified atom stereocenters. The van der Waals surface area contributed by atoms with Gasteiger partial charge in [-0.1, -0.05) is 0 Å². The lowest BCUT2D eigenvalue weighted by atomic mass is 10.1. The largest absolute Gasteiger partial charge is 0.426 e. The van der Waals surface area contributed by atoms with E-state index in [2.05, 4.69) is 10.3 Å². The number of halogens is 1. The molecule has 0 fully saturated rings. The van der Waals surface area contributed by atoms with Gasteiger partial charge in [-0.2, -0.15) is 4.73 Å². The van der Waals surface area contributed by atoms with Gasteiger partial charge in [0, 0.05) is 22.4 Å². The first-order valence-electron chi connectivity index (χ1n) is 8.61. The van der Waals surface area contributed by atoms with Crippen molar-refractivity contribution in [1.29, 1.82) is 0 Å². The molecule has 0 aliphatic rings. The fourth-order valence-electron chi connectivity index (χ4n) is 2.91. The molecule has 2 amide bonds. The molecule has 144 valence electrons. The second-order valence-electron chi connectivity index (χ2n) is 6.35. The molecule has 4 rings (SSSR count). The fourth-order valence-corrected chi connectivity index (χ4v) is 2.91. The van der Waals surface area contributed by atoms with Crippen LogP contribution in [0.25, 0.3) is 22.4 Å². The zero-order valence-corrected chi connectivity index (χ0v) is 15.0. The number of carbonyl (C=O) groups excluding carboxylic acids is 2. The molecule has 7 nitrogen and oxygen atoms in total. The van der Waals surface area contributed by atoms with Gasteiger partial charge >= 0.3 is 0 Å². The van der Waals surface area contributed by atoms with Gasteiger partial charge in [-0.05, 0) is 66.7 Å². The molecule has 0 saturated heterocycles. The van der Waals surface area contributed by atoms with E-state index >= 15 is 0 Å². The predicted molar refractivity (Wildman–Crippen MR) is 105 cm³/mol. The monoisotopic (exact) mass is 390 g/mol. The van der Waals surface area contributed by atoms with Crippen LogP contribution in [0, 0.1) is 5.82 Å². The Morgan fingerprint density at radius 3 is 2.28 bits per heavy atom. The van der Waals surface area contributed by atoms with Gasteiger partial charge < -0.3 is 16.3 Å². The molecule has 29 heavy (non-hydrogen) atoms. The van der Waals surface area contributed by atoms with Crippen molar-refractivity contribution in [2.24, 2.45) is 5.73 Å². The van der Waals surface area contributed by atoms with Crippen LogP contribution in [0.4, 0.5) is 10.1 Å². The number of hydrogen-bond donors (Lipinski definition) is 3. The SMILES string of the molecule is NC(=O)c1ccc2nc(-c3ccc(NC(=O)c4ccc(F)cc4)cc3)n(O)c2c1. The maximum Gasteiger partial charge on any atom is 0.255 e. The summed E-state index contributed by atoms with van der Waals surface area (Å²) in [5.74, 6) is -1.11. The van der Waals surface area contributed by atoms with Crippen molar-refractivity contribution >= 4 is 28.5 Å². The summed E-state index contributed by atoms with van der Waals surface area (Å²) in [7, 11) is 0. The lowest BCUT2D eigenvalue weighted by Gasteiger charge is -2.07. The van der Waals surface area contributed by atoms with Crippen LogP contribution < -0.4 is 11.1 Å². The zero-order valence-electron chi connectivity index (χ0n) is 15.0. The van der Waals surface area contributed by atoms with Crippen LogP contribution in [0.1, 0.15) is 20.7 Å². The van der Waals surface area contributed by atoms with E-state index in [0.29, 0.717) is 27.8 Å². The number of nitrogens with zero attached hydrogens (tertiary/aromatic N) is 2. The maximum atomic E-state index is 13.0. The molecule has 0 aliphatic heterocycles. The van der Waals surface area contributed by atoms with Crippen LogP contribution in [0.3, 0.4) is 0 Å². The standard InChI is InChI=1S/C21H15FN4O3/c22-15-6-1-13(2-7-15)21(28)24-16-8-3-12(4-9-16)20-25-17-10-5-14(19(23)27)11-18(17)26(20)29/h1-11,29H,(H2,23,27)(H,24,28). The predicted octanol–water partition coefficient (Wildman–Crippen LogP) is 3.43. The quantitative estimate of drug-likeness (QED) is 0.464. The molecule has 1 aromatic heterocycles. The van der Waals surface area contributed by atoms with Gasteiger partial charge in [0.25, 0.3) is 5.91 Å². The van der Waals surface area contributed by atoms with Crippen molar-refractivity contribution in [3.8, 4) is 11.4 Å². The number of hydrogen-bond acceptors (Lipinski definition) is 4. The number of rotatable bonds is 4. The summed E-state index contributed by atoms with van der Waals surface area (Å²) in [6.45, 7) is 0. The Morgan fingerprint density at radius 2 is 1.62 bits per heavy atom. The van der Waals surface area contributed by atoms with Crippen molar-refractivity contribution in [1.82, 2.24) is 9.71 Å². The minimum atomic E-state index is -0.601. The molecule has 4 N–H and O–H groups in total. The number of aromatic nitrogens is 2. The van der Waals surface area contributed by atoms with Crippen LogP contribution in [0.5, 0.6) is 0 Å². The Kier molecular flexibility index (Phi) is 4.44.